The lowest BCUT2D eigenvalue weighted by molar-refractivity contribution is 0.0606. The van der Waals surface area contributed by atoms with Gasteiger partial charge in [0.25, 0.3) is 0 Å². The lowest BCUT2D eigenvalue weighted by atomic mass is 9.96. The smallest absolute Gasteiger partial charge is 0.242 e. The van der Waals surface area contributed by atoms with Crippen LogP contribution in [0.3, 0.4) is 0 Å². The molecule has 3 atom stereocenters. The number of rotatable bonds is 9. The van der Waals surface area contributed by atoms with E-state index in [4.69, 9.17) is 9.88 Å². The molecule has 15 heteroatoms. The third-order valence-corrected chi connectivity index (χ3v) is 8.00. The second-order valence-electron chi connectivity index (χ2n) is 9.83. The number of nitrogens with zero attached hydrogens (tertiary/aromatic N) is 3. The fourth-order valence-electron chi connectivity index (χ4n) is 4.86. The average molecular weight is 621 g/mol. The molecule has 0 spiro atoms. The summed E-state index contributed by atoms with van der Waals surface area (Å²) in [7, 11) is -4.63. The molecule has 1 saturated heterocycles. The van der Waals surface area contributed by atoms with E-state index < -0.39 is 56.4 Å². The molecule has 0 amide bonds. The molecule has 0 bridgehead atoms. The second kappa shape index (κ2) is 12.6. The number of benzene rings is 2. The Hall–Kier alpha value is -4.21. The molecule has 1 fully saturated rings. The third kappa shape index (κ3) is 6.73. The summed E-state index contributed by atoms with van der Waals surface area (Å²) >= 11 is 0. The number of hydrogen-bond donors (Lipinski definition) is 3. The van der Waals surface area contributed by atoms with Crippen LogP contribution in [0, 0.1) is 23.4 Å². The molecule has 226 valence electrons. The van der Waals surface area contributed by atoms with Crippen LogP contribution in [0.15, 0.2) is 67.0 Å². The minimum atomic E-state index is -4.63. The van der Waals surface area contributed by atoms with Crippen LogP contribution in [0.5, 0.6) is 11.6 Å². The van der Waals surface area contributed by atoms with Gasteiger partial charge in [0.1, 0.15) is 11.1 Å². The summed E-state index contributed by atoms with van der Waals surface area (Å²) in [4.78, 5) is 12.6. The molecule has 5 rings (SSSR count). The number of halogens is 5. The molecule has 0 aliphatic carbocycles. The van der Waals surface area contributed by atoms with Crippen molar-refractivity contribution in [1.82, 2.24) is 20.3 Å². The van der Waals surface area contributed by atoms with Gasteiger partial charge in [0.05, 0.1) is 16.8 Å². The minimum absolute atomic E-state index is 0.0650. The molecule has 9 nitrogen and oxygen atoms in total. The van der Waals surface area contributed by atoms with Crippen molar-refractivity contribution in [1.29, 1.82) is 0 Å². The molecular weight excluding hydrogens is 595 g/mol. The van der Waals surface area contributed by atoms with E-state index in [9.17, 15) is 17.2 Å². The van der Waals surface area contributed by atoms with Crippen LogP contribution in [0.2, 0.25) is 0 Å². The SMILES string of the molecule is NS(=O)(=O)C(c1ccccc1)c1c(F)cc(Oc2ncccc2-c2ccnc(NC3CNCC(C(F)F)C3)n2)c(F)c1F. The summed E-state index contributed by atoms with van der Waals surface area (Å²) in [6, 6.07) is 11.7. The Labute approximate surface area is 243 Å². The van der Waals surface area contributed by atoms with Crippen LogP contribution < -0.4 is 20.5 Å². The summed E-state index contributed by atoms with van der Waals surface area (Å²) < 4.78 is 103. The maximum Gasteiger partial charge on any atom is 0.242 e. The molecule has 4 N–H and O–H groups in total. The Kier molecular flexibility index (Phi) is 8.84. The van der Waals surface area contributed by atoms with Crippen molar-refractivity contribution in [3.05, 3.63) is 95.6 Å². The standard InChI is InChI=1S/C28H25F5N6O3S/c29-19-12-21(23(30)24(31)22(19)25(43(34,40)41)15-5-2-1-3-6-15)42-27-18(7-4-9-36-27)20-8-10-37-28(39-20)38-17-11-16(26(32)33)13-35-14-17/h1-10,12,16-17,25-26,35H,11,13-14H2,(H2,34,40,41)(H,37,38,39). The van der Waals surface area contributed by atoms with Crippen molar-refractivity contribution in [3.63, 3.8) is 0 Å². The highest BCUT2D eigenvalue weighted by atomic mass is 32.2. The summed E-state index contributed by atoms with van der Waals surface area (Å²) in [6.07, 6.45) is 0.409. The highest BCUT2D eigenvalue weighted by Crippen LogP contribution is 2.39. The topological polar surface area (TPSA) is 132 Å². The van der Waals surface area contributed by atoms with E-state index in [-0.39, 0.29) is 47.7 Å². The van der Waals surface area contributed by atoms with E-state index in [0.29, 0.717) is 12.6 Å². The number of primary sulfonamides is 1. The van der Waals surface area contributed by atoms with Crippen molar-refractivity contribution in [3.8, 4) is 22.9 Å². The van der Waals surface area contributed by atoms with E-state index in [2.05, 4.69) is 25.6 Å². The van der Waals surface area contributed by atoms with Gasteiger partial charge in [-0.1, -0.05) is 30.3 Å². The molecule has 2 aromatic heterocycles. The van der Waals surface area contributed by atoms with Crippen LogP contribution in [-0.2, 0) is 10.0 Å². The molecule has 43 heavy (non-hydrogen) atoms. The number of ether oxygens (including phenoxy) is 1. The molecule has 0 saturated carbocycles. The molecule has 3 heterocycles. The molecule has 2 aromatic carbocycles. The minimum Gasteiger partial charge on any atom is -0.435 e. The van der Waals surface area contributed by atoms with Gasteiger partial charge < -0.3 is 15.4 Å². The van der Waals surface area contributed by atoms with Gasteiger partial charge in [-0.3, -0.25) is 0 Å². The predicted molar refractivity (Wildman–Crippen MR) is 147 cm³/mol. The van der Waals surface area contributed by atoms with E-state index in [1.807, 2.05) is 0 Å². The van der Waals surface area contributed by atoms with Gasteiger partial charge in [0.15, 0.2) is 11.6 Å². The molecule has 0 radical (unpaired) electrons. The van der Waals surface area contributed by atoms with Gasteiger partial charge in [-0.25, -0.2) is 46.1 Å². The zero-order chi connectivity index (χ0) is 30.7. The van der Waals surface area contributed by atoms with Crippen LogP contribution in [0.1, 0.15) is 22.8 Å². The molecule has 3 unspecified atom stereocenters. The number of anilines is 1. The van der Waals surface area contributed by atoms with Gasteiger partial charge in [-0.2, -0.15) is 4.39 Å². The Bertz CT molecular complexity index is 1710. The van der Waals surface area contributed by atoms with Crippen molar-refractivity contribution in [2.75, 3.05) is 18.4 Å². The van der Waals surface area contributed by atoms with E-state index >= 15 is 13.2 Å². The summed E-state index contributed by atoms with van der Waals surface area (Å²) in [6.45, 7) is 0.613. The van der Waals surface area contributed by atoms with Crippen LogP contribution in [0.25, 0.3) is 11.3 Å². The molecular formula is C28H25F5N6O3S. The Morgan fingerprint density at radius 1 is 0.977 bits per heavy atom. The maximum atomic E-state index is 15.4. The van der Waals surface area contributed by atoms with Crippen molar-refractivity contribution in [2.24, 2.45) is 11.1 Å². The van der Waals surface area contributed by atoms with Gasteiger partial charge in [0, 0.05) is 43.5 Å². The zero-order valence-electron chi connectivity index (χ0n) is 22.2. The number of alkyl halides is 2. The number of pyridine rings is 1. The van der Waals surface area contributed by atoms with Crippen LogP contribution in [0.4, 0.5) is 27.9 Å². The zero-order valence-corrected chi connectivity index (χ0v) is 23.0. The highest BCUT2D eigenvalue weighted by molar-refractivity contribution is 7.89. The third-order valence-electron chi connectivity index (χ3n) is 6.84. The van der Waals surface area contributed by atoms with Crippen LogP contribution in [-0.4, -0.2) is 48.9 Å². The molecule has 1 aliphatic heterocycles. The predicted octanol–water partition coefficient (Wildman–Crippen LogP) is 4.78. The van der Waals surface area contributed by atoms with Crippen molar-refractivity contribution >= 4 is 16.0 Å². The Morgan fingerprint density at radius 2 is 1.74 bits per heavy atom. The first-order valence-electron chi connectivity index (χ1n) is 13.0. The maximum absolute atomic E-state index is 15.4. The van der Waals surface area contributed by atoms with E-state index in [1.165, 1.54) is 54.9 Å². The summed E-state index contributed by atoms with van der Waals surface area (Å²) in [5, 5.41) is 9.23. The number of nitrogens with two attached hydrogens (primary N) is 1. The Balaban J connectivity index is 1.45. The summed E-state index contributed by atoms with van der Waals surface area (Å²) in [5.74, 6) is -6.77. The van der Waals surface area contributed by atoms with Gasteiger partial charge in [-0.05, 0) is 30.2 Å². The monoisotopic (exact) mass is 620 g/mol. The molecule has 1 aliphatic rings. The lowest BCUT2D eigenvalue weighted by Gasteiger charge is -2.30. The van der Waals surface area contributed by atoms with Gasteiger partial charge >= 0.3 is 0 Å². The van der Waals surface area contributed by atoms with E-state index in [0.717, 1.165) is 0 Å². The first-order valence-corrected chi connectivity index (χ1v) is 14.6. The number of piperidine rings is 1. The normalized spacial score (nSPS) is 17.9. The van der Waals surface area contributed by atoms with Gasteiger partial charge in [-0.15, -0.1) is 0 Å². The average Bonchev–Trinajstić information content (AvgIpc) is 2.98. The first kappa shape index (κ1) is 30.3. The number of hydrogen-bond acceptors (Lipinski definition) is 8. The lowest BCUT2D eigenvalue weighted by Crippen LogP contribution is -2.45. The summed E-state index contributed by atoms with van der Waals surface area (Å²) in [5.41, 5.74) is -0.746. The number of nitrogens with one attached hydrogen (secondary N) is 2. The van der Waals surface area contributed by atoms with Gasteiger partial charge in [0.2, 0.25) is 34.1 Å². The number of sulfonamides is 1. The first-order chi connectivity index (χ1) is 20.5. The largest absolute Gasteiger partial charge is 0.435 e. The van der Waals surface area contributed by atoms with E-state index in [1.54, 1.807) is 6.07 Å². The van der Waals surface area contributed by atoms with Crippen molar-refractivity contribution in [2.45, 2.75) is 24.1 Å². The highest BCUT2D eigenvalue weighted by Gasteiger charge is 2.35. The van der Waals surface area contributed by atoms with Crippen molar-refractivity contribution < 1.29 is 35.1 Å². The fourth-order valence-corrected chi connectivity index (χ4v) is 5.94. The second-order valence-corrected chi connectivity index (χ2v) is 11.5. The van der Waals surface area contributed by atoms with Crippen LogP contribution >= 0.6 is 0 Å². The fraction of sp³-hybridized carbons (Fsp3) is 0.250. The number of aromatic nitrogens is 3. The molecule has 4 aromatic rings. The quantitative estimate of drug-likeness (QED) is 0.180. The Morgan fingerprint density at radius 3 is 2.47 bits per heavy atom.